The van der Waals surface area contributed by atoms with Crippen LogP contribution in [0.4, 0.5) is 0 Å². The largest absolute Gasteiger partial charge is 0.466 e. The van der Waals surface area contributed by atoms with Crippen LogP contribution in [0.5, 0.6) is 0 Å². The van der Waals surface area contributed by atoms with Crippen molar-refractivity contribution in [2.24, 2.45) is 5.73 Å². The lowest BCUT2D eigenvalue weighted by Crippen LogP contribution is -2.43. The van der Waals surface area contributed by atoms with Crippen molar-refractivity contribution in [3.63, 3.8) is 0 Å². The number of aromatic nitrogens is 1. The van der Waals surface area contributed by atoms with E-state index in [2.05, 4.69) is 31.9 Å². The fourth-order valence-electron chi connectivity index (χ4n) is 4.03. The molecule has 7 nitrogen and oxygen atoms in total. The van der Waals surface area contributed by atoms with Gasteiger partial charge in [-0.05, 0) is 60.6 Å². The summed E-state index contributed by atoms with van der Waals surface area (Å²) >= 11 is 12.4. The number of methoxy groups -OCH3 is 1. The number of hydrogen-bond donors (Lipinski definition) is 1. The van der Waals surface area contributed by atoms with Crippen LogP contribution in [-0.4, -0.2) is 30.2 Å². The van der Waals surface area contributed by atoms with Crippen molar-refractivity contribution >= 4 is 73.5 Å². The standard InChI is InChI=1S/C25H20Br2N2O5S/c1-3-33-24(31)19-18(14-7-5-9-16(27)12-14)20(23(30)32-2)22(28)29-21(19)17(34-25(29)35)11-13-6-4-8-15(26)10-13/h4-12,18H,3,28H2,1-2H3. The van der Waals surface area contributed by atoms with Gasteiger partial charge in [0, 0.05) is 8.95 Å². The number of carbonyl (C=O) groups excluding carboxylic acids is 2. The van der Waals surface area contributed by atoms with Crippen molar-refractivity contribution in [3.8, 4) is 0 Å². The Kier molecular flexibility index (Phi) is 7.44. The van der Waals surface area contributed by atoms with E-state index in [-0.39, 0.29) is 28.4 Å². The molecule has 1 aliphatic rings. The van der Waals surface area contributed by atoms with Crippen molar-refractivity contribution in [1.29, 1.82) is 0 Å². The Balaban J connectivity index is 2.19. The predicted molar refractivity (Wildman–Crippen MR) is 141 cm³/mol. The number of esters is 2. The lowest BCUT2D eigenvalue weighted by atomic mass is 9.82. The summed E-state index contributed by atoms with van der Waals surface area (Å²) in [6, 6.07) is 14.8. The van der Waals surface area contributed by atoms with Crippen LogP contribution in [0.1, 0.15) is 24.0 Å². The molecule has 2 heterocycles. The molecule has 1 aromatic heterocycles. The van der Waals surface area contributed by atoms with Gasteiger partial charge in [0.2, 0.25) is 0 Å². The van der Waals surface area contributed by atoms with Gasteiger partial charge in [0.1, 0.15) is 11.2 Å². The zero-order chi connectivity index (χ0) is 25.3. The number of nitrogens with two attached hydrogens (primary N) is 1. The van der Waals surface area contributed by atoms with E-state index in [4.69, 9.17) is 31.8 Å². The van der Waals surface area contributed by atoms with Crippen molar-refractivity contribution in [2.45, 2.75) is 12.8 Å². The Bertz CT molecular complexity index is 1550. The Labute approximate surface area is 222 Å². The molecule has 2 aromatic carbocycles. The molecular formula is C25H20Br2N2O5S. The minimum Gasteiger partial charge on any atom is -0.466 e. The molecule has 0 saturated carbocycles. The lowest BCUT2D eigenvalue weighted by Gasteiger charge is -2.27. The van der Waals surface area contributed by atoms with Crippen LogP contribution >= 0.6 is 44.1 Å². The maximum Gasteiger partial charge on any atom is 0.338 e. The molecule has 10 heteroatoms. The first-order chi connectivity index (χ1) is 16.8. The predicted octanol–water partition coefficient (Wildman–Crippen LogP) is 3.98. The fraction of sp³-hybridized carbons (Fsp3) is 0.160. The maximum atomic E-state index is 13.5. The second-order valence-corrected chi connectivity index (χ2v) is 9.71. The number of ether oxygens (including phenoxy) is 2. The number of oxazole rings is 1. The summed E-state index contributed by atoms with van der Waals surface area (Å²) in [4.78, 5) is 26.4. The third kappa shape index (κ3) is 4.78. The van der Waals surface area contributed by atoms with E-state index in [1.807, 2.05) is 36.4 Å². The van der Waals surface area contributed by atoms with Crippen LogP contribution in [0, 0.1) is 4.84 Å². The average Bonchev–Trinajstić information content (AvgIpc) is 3.14. The van der Waals surface area contributed by atoms with E-state index < -0.39 is 17.9 Å². The van der Waals surface area contributed by atoms with Gasteiger partial charge in [-0.15, -0.1) is 0 Å². The van der Waals surface area contributed by atoms with Gasteiger partial charge >= 0.3 is 11.9 Å². The van der Waals surface area contributed by atoms with Crippen LogP contribution in [0.3, 0.4) is 0 Å². The second kappa shape index (κ2) is 10.3. The summed E-state index contributed by atoms with van der Waals surface area (Å²) in [6.07, 6.45) is 1.75. The Morgan fingerprint density at radius 1 is 1.11 bits per heavy atom. The topological polar surface area (TPSA) is 96.7 Å². The van der Waals surface area contributed by atoms with Gasteiger partial charge in [-0.3, -0.25) is 4.57 Å². The van der Waals surface area contributed by atoms with Gasteiger partial charge in [0.15, 0.2) is 5.42 Å². The van der Waals surface area contributed by atoms with Gasteiger partial charge in [-0.2, -0.15) is 0 Å². The van der Waals surface area contributed by atoms with E-state index in [1.165, 1.54) is 11.7 Å². The van der Waals surface area contributed by atoms with Crippen LogP contribution in [0.15, 0.2) is 67.5 Å². The Morgan fingerprint density at radius 3 is 2.43 bits per heavy atom. The summed E-state index contributed by atoms with van der Waals surface area (Å²) in [7, 11) is 1.25. The molecule has 0 spiro atoms. The first-order valence-corrected chi connectivity index (χ1v) is 12.5. The average molecular weight is 620 g/mol. The van der Waals surface area contributed by atoms with E-state index in [1.54, 1.807) is 25.1 Å². The molecule has 2 N–H and O–H groups in total. The number of fused-ring (bicyclic) bond motifs is 1. The molecule has 3 aromatic rings. The molecule has 0 radical (unpaired) electrons. The van der Waals surface area contributed by atoms with Crippen LogP contribution in [-0.2, 0) is 19.1 Å². The monoisotopic (exact) mass is 618 g/mol. The van der Waals surface area contributed by atoms with Crippen molar-refractivity contribution in [3.05, 3.63) is 89.8 Å². The van der Waals surface area contributed by atoms with E-state index >= 15 is 0 Å². The molecular weight excluding hydrogens is 600 g/mol. The SMILES string of the molecule is CCOC(=O)C1=c2c(=Cc3cccc(Br)c3)oc(=S)n2C(N)=C(C(=O)OC)C1c1cccc(Br)c1. The van der Waals surface area contributed by atoms with Gasteiger partial charge in [-0.1, -0.05) is 56.1 Å². The highest BCUT2D eigenvalue weighted by molar-refractivity contribution is 9.10. The summed E-state index contributed by atoms with van der Waals surface area (Å²) in [5.41, 5.74) is 8.49. The van der Waals surface area contributed by atoms with Crippen molar-refractivity contribution in [1.82, 2.24) is 4.57 Å². The van der Waals surface area contributed by atoms with Gasteiger partial charge < -0.3 is 19.6 Å². The van der Waals surface area contributed by atoms with E-state index in [0.29, 0.717) is 16.3 Å². The number of rotatable bonds is 5. The smallest absolute Gasteiger partial charge is 0.338 e. The molecule has 4 rings (SSSR count). The number of hydrogen-bond acceptors (Lipinski definition) is 7. The zero-order valence-electron chi connectivity index (χ0n) is 18.7. The van der Waals surface area contributed by atoms with Gasteiger partial charge in [0.25, 0.3) is 4.84 Å². The summed E-state index contributed by atoms with van der Waals surface area (Å²) < 4.78 is 19.4. The summed E-state index contributed by atoms with van der Waals surface area (Å²) in [6.45, 7) is 1.83. The lowest BCUT2D eigenvalue weighted by molar-refractivity contribution is -0.136. The highest BCUT2D eigenvalue weighted by Crippen LogP contribution is 2.38. The molecule has 0 fully saturated rings. The fourth-order valence-corrected chi connectivity index (χ4v) is 5.15. The quantitative estimate of drug-likeness (QED) is 0.341. The van der Waals surface area contributed by atoms with Gasteiger partial charge in [-0.25, -0.2) is 9.59 Å². The zero-order valence-corrected chi connectivity index (χ0v) is 22.7. The third-order valence-corrected chi connectivity index (χ3v) is 6.67. The van der Waals surface area contributed by atoms with Gasteiger partial charge in [0.05, 0.1) is 30.8 Å². The molecule has 35 heavy (non-hydrogen) atoms. The normalized spacial score (nSPS) is 15.7. The summed E-state index contributed by atoms with van der Waals surface area (Å²) in [5.74, 6) is -2.19. The van der Waals surface area contributed by atoms with Crippen LogP contribution in [0.2, 0.25) is 0 Å². The molecule has 180 valence electrons. The summed E-state index contributed by atoms with van der Waals surface area (Å²) in [5, 5.41) is 0.323. The Morgan fingerprint density at radius 2 is 1.80 bits per heavy atom. The number of halogens is 2. The highest BCUT2D eigenvalue weighted by atomic mass is 79.9. The second-order valence-electron chi connectivity index (χ2n) is 7.53. The van der Waals surface area contributed by atoms with E-state index in [0.717, 1.165) is 14.5 Å². The number of nitrogens with zero attached hydrogens (tertiary/aromatic N) is 1. The third-order valence-electron chi connectivity index (χ3n) is 5.42. The highest BCUT2D eigenvalue weighted by Gasteiger charge is 2.39. The van der Waals surface area contributed by atoms with E-state index in [9.17, 15) is 9.59 Å². The first-order valence-electron chi connectivity index (χ1n) is 10.5. The van der Waals surface area contributed by atoms with Crippen LogP contribution < -0.4 is 16.5 Å². The molecule has 0 aliphatic carbocycles. The molecule has 0 amide bonds. The number of carbonyl (C=O) groups is 2. The molecule has 0 bridgehead atoms. The van der Waals surface area contributed by atoms with Crippen molar-refractivity contribution in [2.75, 3.05) is 13.7 Å². The minimum absolute atomic E-state index is 0.0189. The molecule has 0 saturated heterocycles. The Hall–Kier alpha value is -2.95. The van der Waals surface area contributed by atoms with Crippen molar-refractivity contribution < 1.29 is 23.5 Å². The molecule has 1 atom stereocenters. The number of benzene rings is 2. The van der Waals surface area contributed by atoms with Crippen LogP contribution in [0.25, 0.3) is 17.5 Å². The minimum atomic E-state index is -0.888. The maximum absolute atomic E-state index is 13.5. The molecule has 1 aliphatic heterocycles. The molecule has 1 unspecified atom stereocenters. The first kappa shape index (κ1) is 25.2.